The van der Waals surface area contributed by atoms with Crippen LogP contribution in [-0.2, 0) is 70.4 Å². The zero-order valence-electron chi connectivity index (χ0n) is 42.2. The molecule has 0 saturated carbocycles. The summed E-state index contributed by atoms with van der Waals surface area (Å²) in [6.45, 7) is 9.56. The van der Waals surface area contributed by atoms with E-state index in [1.807, 2.05) is 0 Å². The number of carboxylic acids is 1. The molecule has 0 bridgehead atoms. The van der Waals surface area contributed by atoms with Gasteiger partial charge in [-0.25, -0.2) is 14.8 Å². The summed E-state index contributed by atoms with van der Waals surface area (Å²) in [7, 11) is 8.18. The van der Waals surface area contributed by atoms with Gasteiger partial charge in [-0.1, -0.05) is 6.42 Å². The van der Waals surface area contributed by atoms with Gasteiger partial charge in [-0.15, -0.1) is 0 Å². The van der Waals surface area contributed by atoms with Crippen LogP contribution in [0.5, 0.6) is 0 Å². The second kappa shape index (κ2) is 33.6. The molecule has 0 aliphatic heterocycles. The van der Waals surface area contributed by atoms with Gasteiger partial charge < -0.3 is 82.5 Å². The topological polar surface area (TPSA) is 276 Å². The number of anilines is 3. The molecule has 400 valence electrons. The number of imidazole rings is 2. The lowest BCUT2D eigenvalue weighted by atomic mass is 10.2. The number of nitrogens with zero attached hydrogens (tertiary/aromatic N) is 7. The van der Waals surface area contributed by atoms with E-state index in [9.17, 15) is 29.1 Å². The van der Waals surface area contributed by atoms with Crippen molar-refractivity contribution in [3.05, 3.63) is 66.2 Å². The van der Waals surface area contributed by atoms with E-state index >= 15 is 0 Å². The highest BCUT2D eigenvalue weighted by Crippen LogP contribution is 2.18. The van der Waals surface area contributed by atoms with Crippen molar-refractivity contribution < 1.29 is 67.0 Å². The molecular formula is C47H73N11O14. The Kier molecular flexibility index (Phi) is 27.3. The minimum atomic E-state index is -1.14. The summed E-state index contributed by atoms with van der Waals surface area (Å²) in [5.41, 5.74) is 0.953. The molecule has 4 aromatic heterocycles. The monoisotopic (exact) mass is 1020 g/mol. The van der Waals surface area contributed by atoms with E-state index in [0.29, 0.717) is 124 Å². The fraction of sp³-hybridized carbons (Fsp3) is 0.596. The molecule has 25 nitrogen and oxygen atoms in total. The van der Waals surface area contributed by atoms with Crippen molar-refractivity contribution >= 4 is 46.8 Å². The number of aromatic carboxylic acids is 1. The summed E-state index contributed by atoms with van der Waals surface area (Å²) < 4.78 is 49.7. The van der Waals surface area contributed by atoms with Crippen LogP contribution >= 0.6 is 0 Å². The van der Waals surface area contributed by atoms with Gasteiger partial charge in [-0.05, 0) is 31.5 Å². The molecule has 0 saturated heterocycles. The predicted octanol–water partition coefficient (Wildman–Crippen LogP) is 2.12. The molecule has 4 heterocycles. The maximum Gasteiger partial charge on any atom is 0.352 e. The summed E-state index contributed by atoms with van der Waals surface area (Å²) in [6, 6.07) is 2.90. The maximum absolute atomic E-state index is 13.3. The highest BCUT2D eigenvalue weighted by Gasteiger charge is 2.20. The fourth-order valence-electron chi connectivity index (χ4n) is 6.97. The van der Waals surface area contributed by atoms with Gasteiger partial charge in [0, 0.05) is 98.9 Å². The van der Waals surface area contributed by atoms with E-state index in [2.05, 4.69) is 36.1 Å². The highest BCUT2D eigenvalue weighted by molar-refractivity contribution is 6.04. The first-order valence-corrected chi connectivity index (χ1v) is 23.9. The number of aryl methyl sites for hydroxylation is 4. The van der Waals surface area contributed by atoms with Crippen molar-refractivity contribution in [2.75, 3.05) is 149 Å². The number of nitrogens with one attached hydrogen (secondary N) is 4. The summed E-state index contributed by atoms with van der Waals surface area (Å²) in [5.74, 6) is -2.81. The van der Waals surface area contributed by atoms with Crippen LogP contribution in [0.1, 0.15) is 67.9 Å². The van der Waals surface area contributed by atoms with Gasteiger partial charge in [0.1, 0.15) is 11.4 Å². The van der Waals surface area contributed by atoms with E-state index in [1.165, 1.54) is 29.1 Å². The van der Waals surface area contributed by atoms with Crippen molar-refractivity contribution in [2.24, 2.45) is 21.1 Å². The fourth-order valence-corrected chi connectivity index (χ4v) is 6.97. The van der Waals surface area contributed by atoms with Crippen LogP contribution in [-0.4, -0.2) is 201 Å². The summed E-state index contributed by atoms with van der Waals surface area (Å²) >= 11 is 0. The van der Waals surface area contributed by atoms with Crippen molar-refractivity contribution in [2.45, 2.75) is 32.2 Å². The number of carbonyl (C=O) groups is 5. The van der Waals surface area contributed by atoms with Gasteiger partial charge in [0.2, 0.25) is 11.7 Å². The van der Waals surface area contributed by atoms with E-state index in [0.717, 1.165) is 19.4 Å². The van der Waals surface area contributed by atoms with E-state index < -0.39 is 29.6 Å². The zero-order chi connectivity index (χ0) is 51.9. The van der Waals surface area contributed by atoms with Crippen LogP contribution in [0.4, 0.5) is 17.2 Å². The molecule has 0 aromatic carbocycles. The summed E-state index contributed by atoms with van der Waals surface area (Å²) in [6.07, 6.45) is 10.0. The van der Waals surface area contributed by atoms with Crippen molar-refractivity contribution in [1.82, 2.24) is 38.5 Å². The van der Waals surface area contributed by atoms with Crippen LogP contribution in [0.2, 0.25) is 0 Å². The van der Waals surface area contributed by atoms with Crippen LogP contribution < -0.4 is 21.3 Å². The first kappa shape index (κ1) is 58.5. The predicted molar refractivity (Wildman–Crippen MR) is 264 cm³/mol. The number of amides is 4. The number of rotatable bonds is 40. The largest absolute Gasteiger partial charge is 0.477 e. The smallest absolute Gasteiger partial charge is 0.352 e. The average molecular weight is 1020 g/mol. The summed E-state index contributed by atoms with van der Waals surface area (Å²) in [5, 5.41) is 20.7. The third kappa shape index (κ3) is 21.8. The molecule has 0 radical (unpaired) electrons. The number of methoxy groups -OCH3 is 2. The molecule has 4 amide bonds. The van der Waals surface area contributed by atoms with E-state index in [1.54, 1.807) is 67.7 Å². The van der Waals surface area contributed by atoms with Crippen LogP contribution in [0.15, 0.2) is 43.1 Å². The van der Waals surface area contributed by atoms with Gasteiger partial charge in [0.05, 0.1) is 104 Å². The number of carbonyl (C=O) groups excluding carboxylic acids is 4. The molecule has 0 aliphatic carbocycles. The molecule has 4 rings (SSSR count). The maximum atomic E-state index is 13.3. The molecule has 0 aliphatic rings. The van der Waals surface area contributed by atoms with Crippen LogP contribution in [0, 0.1) is 0 Å². The minimum Gasteiger partial charge on any atom is -0.477 e. The second-order valence-corrected chi connectivity index (χ2v) is 16.3. The number of hydrogen-bond donors (Lipinski definition) is 5. The Labute approximate surface area is 419 Å². The quantitative estimate of drug-likeness (QED) is 0.0399. The van der Waals surface area contributed by atoms with Crippen molar-refractivity contribution in [1.29, 1.82) is 0 Å². The van der Waals surface area contributed by atoms with Gasteiger partial charge in [-0.3, -0.25) is 24.1 Å². The molecule has 5 N–H and O–H groups in total. The zero-order valence-corrected chi connectivity index (χ0v) is 42.2. The molecule has 0 atom stereocenters. The number of unbranched alkanes of at least 4 members (excludes halogenated alkanes) is 2. The van der Waals surface area contributed by atoms with Crippen LogP contribution in [0.25, 0.3) is 0 Å². The van der Waals surface area contributed by atoms with Crippen LogP contribution in [0.3, 0.4) is 0 Å². The number of hydrogen-bond acceptors (Lipinski definition) is 16. The molecule has 4 aromatic rings. The molecular weight excluding hydrogens is 943 g/mol. The summed E-state index contributed by atoms with van der Waals surface area (Å²) in [4.78, 5) is 74.3. The van der Waals surface area contributed by atoms with Gasteiger partial charge in [0.15, 0.2) is 11.6 Å². The number of ether oxygens (including phenoxy) is 8. The Hall–Kier alpha value is -6.03. The minimum absolute atomic E-state index is 0.00682. The molecule has 72 heavy (non-hydrogen) atoms. The Morgan fingerprint density at radius 2 is 1.12 bits per heavy atom. The Balaban J connectivity index is 1.18. The van der Waals surface area contributed by atoms with Gasteiger partial charge >= 0.3 is 5.97 Å². The molecule has 0 unspecified atom stereocenters. The lowest BCUT2D eigenvalue weighted by Crippen LogP contribution is -2.32. The Morgan fingerprint density at radius 3 is 1.68 bits per heavy atom. The number of carboxylic acid groups (broad SMARTS) is 1. The lowest BCUT2D eigenvalue weighted by Gasteiger charge is -2.22. The standard InChI is InChI=1S/C47H73N11O14/c1-54-14-11-48-42(54)45(61)50-36-31-38(55(2)33-36)44(60)49-10-9-41(59)52-40-35-56(3)43(53-40)46(62)51-37-32-39(47(63)64)58(34-37)13-8-6-7-12-57(15-17-67-23-25-71-29-27-69-21-19-65-4)16-18-68-24-26-72-30-28-70-22-20-66-5/h11,14,31-35H,6-10,12-13,15-30H2,1-5H3,(H,49,60)(H,50,61)(H,51,62)(H,52,59)(H,63,64). The van der Waals surface area contributed by atoms with Gasteiger partial charge in [-0.2, -0.15) is 0 Å². The van der Waals surface area contributed by atoms with Crippen molar-refractivity contribution in [3.8, 4) is 0 Å². The van der Waals surface area contributed by atoms with E-state index in [-0.39, 0.29) is 47.5 Å². The van der Waals surface area contributed by atoms with Crippen molar-refractivity contribution in [3.63, 3.8) is 0 Å². The Morgan fingerprint density at radius 1 is 0.583 bits per heavy atom. The Bertz CT molecular complexity index is 2210. The number of aromatic nitrogens is 6. The SMILES string of the molecule is COCCOCCOCCOCCN(CCCCCn1cc(NC(=O)c2nc(NC(=O)CCNC(=O)c3cc(NC(=O)c4nccn4C)cn3C)cn2C)cc1C(=O)O)CCOCCOCCOCCOC. The first-order chi connectivity index (χ1) is 34.9. The average Bonchev–Trinajstić information content (AvgIpc) is 4.15. The lowest BCUT2D eigenvalue weighted by molar-refractivity contribution is -0.116. The van der Waals surface area contributed by atoms with Gasteiger partial charge in [0.25, 0.3) is 17.7 Å². The van der Waals surface area contributed by atoms with E-state index in [4.69, 9.17) is 37.9 Å². The second-order valence-electron chi connectivity index (χ2n) is 16.3. The molecule has 0 fully saturated rings. The third-order valence-corrected chi connectivity index (χ3v) is 10.7. The normalized spacial score (nSPS) is 11.4. The molecule has 0 spiro atoms. The first-order valence-electron chi connectivity index (χ1n) is 23.9. The highest BCUT2D eigenvalue weighted by atomic mass is 16.6. The molecule has 25 heteroatoms. The third-order valence-electron chi connectivity index (χ3n) is 10.7.